The molecule has 2 heteroatoms. The zero-order valence-electron chi connectivity index (χ0n) is 19.3. The number of hydrogen-bond acceptors (Lipinski definition) is 1. The second-order valence-corrected chi connectivity index (χ2v) is 10.7. The molecule has 1 nitrogen and oxygen atoms in total. The molecule has 1 aliphatic rings. The number of hydrogen-bond donors (Lipinski definition) is 0. The monoisotopic (exact) mass is 473 g/mol. The Morgan fingerprint density at radius 1 is 0.500 bits per heavy atom. The topological polar surface area (TPSA) is 4.93 Å². The van der Waals surface area contributed by atoms with Crippen LogP contribution in [-0.4, -0.2) is 4.57 Å². The lowest BCUT2D eigenvalue weighted by Gasteiger charge is -2.12. The number of para-hydroxylation sites is 2. The molecule has 0 radical (unpaired) electrons. The lowest BCUT2D eigenvalue weighted by Crippen LogP contribution is -1.94. The van der Waals surface area contributed by atoms with Gasteiger partial charge in [0.2, 0.25) is 0 Å². The molecule has 0 atom stereocenters. The van der Waals surface area contributed by atoms with E-state index in [0.29, 0.717) is 0 Å². The van der Waals surface area contributed by atoms with Gasteiger partial charge in [-0.05, 0) is 46.2 Å². The first-order valence-corrected chi connectivity index (χ1v) is 13.2. The maximum atomic E-state index is 2.50. The summed E-state index contributed by atoms with van der Waals surface area (Å²) in [6.07, 6.45) is 0. The van der Waals surface area contributed by atoms with Crippen molar-refractivity contribution in [2.45, 2.75) is 0 Å². The van der Waals surface area contributed by atoms with Crippen molar-refractivity contribution in [1.29, 1.82) is 0 Å². The van der Waals surface area contributed by atoms with Crippen LogP contribution in [0.3, 0.4) is 0 Å². The summed E-state index contributed by atoms with van der Waals surface area (Å²) in [6.45, 7) is 0. The van der Waals surface area contributed by atoms with Crippen LogP contribution in [0.4, 0.5) is 0 Å². The molecule has 2 aromatic heterocycles. The lowest BCUT2D eigenvalue weighted by atomic mass is 9.95. The average molecular weight is 474 g/mol. The van der Waals surface area contributed by atoms with Crippen molar-refractivity contribution < 1.29 is 0 Å². The van der Waals surface area contributed by atoms with E-state index < -0.39 is 0 Å². The summed E-state index contributed by atoms with van der Waals surface area (Å²) in [7, 11) is 0. The van der Waals surface area contributed by atoms with Crippen LogP contribution in [0, 0.1) is 0 Å². The molecule has 9 rings (SSSR count). The van der Waals surface area contributed by atoms with Crippen molar-refractivity contribution in [3.05, 3.63) is 115 Å². The Balaban J connectivity index is 1.67. The van der Waals surface area contributed by atoms with Gasteiger partial charge < -0.3 is 4.57 Å². The molecule has 0 saturated heterocycles. The molecule has 8 aromatic rings. The van der Waals surface area contributed by atoms with E-state index in [-0.39, 0.29) is 0 Å². The molecule has 0 N–H and O–H groups in total. The zero-order chi connectivity index (χ0) is 23.4. The number of fused-ring (bicyclic) bond motifs is 12. The van der Waals surface area contributed by atoms with E-state index in [2.05, 4.69) is 120 Å². The molecule has 6 aromatic carbocycles. The summed E-state index contributed by atoms with van der Waals surface area (Å²) >= 11 is 1.94. The highest BCUT2D eigenvalue weighted by Crippen LogP contribution is 2.58. The molecule has 166 valence electrons. The molecule has 36 heavy (non-hydrogen) atoms. The fourth-order valence-corrected chi connectivity index (χ4v) is 7.82. The molecule has 1 aliphatic carbocycles. The van der Waals surface area contributed by atoms with Gasteiger partial charge in [-0.1, -0.05) is 91.0 Å². The first-order chi connectivity index (χ1) is 17.9. The highest BCUT2D eigenvalue weighted by molar-refractivity contribution is 7.26. The Kier molecular flexibility index (Phi) is 3.47. The van der Waals surface area contributed by atoms with Crippen LogP contribution in [0.2, 0.25) is 0 Å². The number of thiophene rings is 1. The summed E-state index contributed by atoms with van der Waals surface area (Å²) in [5.74, 6) is 0. The Bertz CT molecular complexity index is 2190. The van der Waals surface area contributed by atoms with Gasteiger partial charge >= 0.3 is 0 Å². The number of nitrogens with zero attached hydrogens (tertiary/aromatic N) is 1. The van der Waals surface area contributed by atoms with Crippen LogP contribution in [0.5, 0.6) is 0 Å². The van der Waals surface area contributed by atoms with Gasteiger partial charge in [0.15, 0.2) is 0 Å². The second kappa shape index (κ2) is 6.63. The zero-order valence-corrected chi connectivity index (χ0v) is 20.1. The van der Waals surface area contributed by atoms with Gasteiger partial charge in [-0.25, -0.2) is 0 Å². The SMILES string of the molecule is c1ccc(-n2c3ccccc3c3c4c(c5sc6ccccc6c5c32)-c2cccc3cccc-4c23)cc1. The molecule has 0 spiro atoms. The second-order valence-electron chi connectivity index (χ2n) is 9.67. The molecule has 0 fully saturated rings. The Labute approximate surface area is 211 Å². The molecule has 0 bridgehead atoms. The Morgan fingerprint density at radius 3 is 2.03 bits per heavy atom. The summed E-state index contributed by atoms with van der Waals surface area (Å²) in [5, 5.41) is 8.09. The smallest absolute Gasteiger partial charge is 0.0640 e. The predicted molar refractivity (Wildman–Crippen MR) is 156 cm³/mol. The third-order valence-electron chi connectivity index (χ3n) is 7.89. The van der Waals surface area contributed by atoms with E-state index in [4.69, 9.17) is 0 Å². The average Bonchev–Trinajstić information content (AvgIpc) is 3.58. The van der Waals surface area contributed by atoms with Crippen LogP contribution in [0.15, 0.2) is 115 Å². The minimum atomic E-state index is 1.20. The number of aromatic nitrogens is 1. The van der Waals surface area contributed by atoms with Gasteiger partial charge in [-0.2, -0.15) is 0 Å². The normalized spacial score (nSPS) is 12.4. The van der Waals surface area contributed by atoms with Crippen molar-refractivity contribution in [2.24, 2.45) is 0 Å². The van der Waals surface area contributed by atoms with Crippen LogP contribution in [0.25, 0.3) is 80.7 Å². The fraction of sp³-hybridized carbons (Fsp3) is 0. The maximum Gasteiger partial charge on any atom is 0.0640 e. The molecular formula is C34H19NS. The molecule has 2 heterocycles. The van der Waals surface area contributed by atoms with Crippen molar-refractivity contribution in [1.82, 2.24) is 4.57 Å². The van der Waals surface area contributed by atoms with E-state index in [0.717, 1.165) is 0 Å². The molecule has 0 saturated carbocycles. The predicted octanol–water partition coefficient (Wildman–Crippen LogP) is 9.95. The fourth-order valence-electron chi connectivity index (χ4n) is 6.55. The van der Waals surface area contributed by atoms with Crippen LogP contribution < -0.4 is 0 Å². The minimum Gasteiger partial charge on any atom is -0.309 e. The van der Waals surface area contributed by atoms with Gasteiger partial charge in [0, 0.05) is 47.8 Å². The standard InChI is InChI=1S/C34H19NS/c1-2-12-21(13-3-1)35-26-18-6-4-14-22(26)30-29-24-16-8-10-20-11-9-17-25(28(20)24)31(29)34-32(33(30)35)23-15-5-7-19-27(23)36-34/h1-19H. The van der Waals surface area contributed by atoms with E-state index >= 15 is 0 Å². The molecule has 0 aliphatic heterocycles. The summed E-state index contributed by atoms with van der Waals surface area (Å²) in [4.78, 5) is 0. The lowest BCUT2D eigenvalue weighted by molar-refractivity contribution is 1.19. The number of rotatable bonds is 1. The van der Waals surface area contributed by atoms with Crippen LogP contribution >= 0.6 is 11.3 Å². The van der Waals surface area contributed by atoms with Crippen LogP contribution in [0.1, 0.15) is 0 Å². The Hall–Kier alpha value is -4.40. The highest BCUT2D eigenvalue weighted by Gasteiger charge is 2.31. The largest absolute Gasteiger partial charge is 0.309 e. The summed E-state index contributed by atoms with van der Waals surface area (Å²) in [6, 6.07) is 42.3. The summed E-state index contributed by atoms with van der Waals surface area (Å²) < 4.78 is 5.23. The maximum absolute atomic E-state index is 2.50. The van der Waals surface area contributed by atoms with Gasteiger partial charge in [-0.15, -0.1) is 11.3 Å². The van der Waals surface area contributed by atoms with Gasteiger partial charge in [0.25, 0.3) is 0 Å². The third-order valence-corrected chi connectivity index (χ3v) is 9.08. The summed E-state index contributed by atoms with van der Waals surface area (Å²) in [5.41, 5.74) is 9.30. The van der Waals surface area contributed by atoms with E-state index in [1.807, 2.05) is 11.3 Å². The van der Waals surface area contributed by atoms with Crippen LogP contribution in [-0.2, 0) is 0 Å². The molecular weight excluding hydrogens is 454 g/mol. The third kappa shape index (κ3) is 2.17. The molecule has 0 amide bonds. The minimum absolute atomic E-state index is 1.20. The van der Waals surface area contributed by atoms with E-state index in [1.54, 1.807) is 0 Å². The van der Waals surface area contributed by atoms with Gasteiger partial charge in [0.1, 0.15) is 0 Å². The van der Waals surface area contributed by atoms with Gasteiger partial charge in [-0.3, -0.25) is 0 Å². The first-order valence-electron chi connectivity index (χ1n) is 12.4. The Morgan fingerprint density at radius 2 is 1.19 bits per heavy atom. The van der Waals surface area contributed by atoms with Crippen molar-refractivity contribution in [2.75, 3.05) is 0 Å². The van der Waals surface area contributed by atoms with Crippen molar-refractivity contribution >= 4 is 64.1 Å². The first kappa shape index (κ1) is 18.9. The quantitative estimate of drug-likeness (QED) is 0.223. The van der Waals surface area contributed by atoms with Gasteiger partial charge in [0.05, 0.1) is 11.0 Å². The highest BCUT2D eigenvalue weighted by atomic mass is 32.1. The number of benzene rings is 6. The molecule has 0 unspecified atom stereocenters. The van der Waals surface area contributed by atoms with E-state index in [9.17, 15) is 0 Å². The van der Waals surface area contributed by atoms with E-state index in [1.165, 1.54) is 80.7 Å². The van der Waals surface area contributed by atoms with Crippen molar-refractivity contribution in [3.8, 4) is 27.9 Å². The van der Waals surface area contributed by atoms with Crippen molar-refractivity contribution in [3.63, 3.8) is 0 Å².